The van der Waals surface area contributed by atoms with Crippen molar-refractivity contribution in [1.82, 2.24) is 0 Å². The third-order valence-electron chi connectivity index (χ3n) is 14.9. The number of nitrogens with zero attached hydrogens (tertiary/aromatic N) is 2. The van der Waals surface area contributed by atoms with E-state index < -0.39 is 10.0 Å². The number of hydrogen-bond acceptors (Lipinski definition) is 3. The van der Waals surface area contributed by atoms with Crippen LogP contribution in [-0.2, 0) is 17.3 Å². The lowest BCUT2D eigenvalue weighted by molar-refractivity contribution is 0.332. The lowest BCUT2D eigenvalue weighted by atomic mass is 9.45. The highest BCUT2D eigenvalue weighted by Crippen LogP contribution is 2.69. The van der Waals surface area contributed by atoms with Gasteiger partial charge in [0, 0.05) is 37.7 Å². The van der Waals surface area contributed by atoms with Gasteiger partial charge in [0.2, 0.25) is 0 Å². The van der Waals surface area contributed by atoms with Crippen molar-refractivity contribution in [3.63, 3.8) is 0 Å². The lowest BCUT2D eigenvalue weighted by Gasteiger charge is -2.51. The minimum atomic E-state index is -1.34. The second-order valence-corrected chi connectivity index (χ2v) is 23.3. The Morgan fingerprint density at radius 3 is 2.16 bits per heavy atom. The molecule has 61 heavy (non-hydrogen) atoms. The number of fused-ring (bicyclic) bond motifs is 11. The summed E-state index contributed by atoms with van der Waals surface area (Å²) in [6, 6.07) is 51.3. The zero-order valence-electron chi connectivity index (χ0n) is 36.5. The van der Waals surface area contributed by atoms with Crippen molar-refractivity contribution in [2.75, 3.05) is 22.2 Å². The molecule has 0 amide bonds. The first-order valence-electron chi connectivity index (χ1n) is 22.4. The molecule has 0 N–H and O–H groups in total. The van der Waals surface area contributed by atoms with Gasteiger partial charge in [0.1, 0.15) is 11.2 Å². The van der Waals surface area contributed by atoms with Gasteiger partial charge in [-0.1, -0.05) is 126 Å². The Kier molecular flexibility index (Phi) is 7.88. The molecule has 302 valence electrons. The van der Waals surface area contributed by atoms with Crippen molar-refractivity contribution in [1.29, 1.82) is 0 Å². The Balaban J connectivity index is 1.27. The van der Waals surface area contributed by atoms with Gasteiger partial charge in [-0.15, -0.1) is 0 Å². The smallest absolute Gasteiger partial charge is 0.376 e. The van der Waals surface area contributed by atoms with Crippen LogP contribution in [0.4, 0.5) is 28.4 Å². The molecule has 4 heterocycles. The zero-order valence-corrected chi connectivity index (χ0v) is 37.3. The number of hydrogen-bond donors (Lipinski definition) is 0. The van der Waals surface area contributed by atoms with Crippen LogP contribution in [0.5, 0.6) is 0 Å². The van der Waals surface area contributed by atoms with Crippen molar-refractivity contribution >= 4 is 78.2 Å². The first kappa shape index (κ1) is 37.1. The summed E-state index contributed by atoms with van der Waals surface area (Å²) < 4.78 is 7.66. The Morgan fingerprint density at radius 1 is 0.639 bits per heavy atom. The summed E-state index contributed by atoms with van der Waals surface area (Å²) in [5.41, 5.74) is 19.0. The molecule has 5 heteroatoms. The molecule has 1 aromatic heterocycles. The lowest BCUT2D eigenvalue weighted by Crippen LogP contribution is -2.62. The van der Waals surface area contributed by atoms with E-state index in [0.717, 1.165) is 30.5 Å². The van der Waals surface area contributed by atoms with Crippen LogP contribution in [0.3, 0.4) is 0 Å². The largest absolute Gasteiger partial charge is 0.466 e. The van der Waals surface area contributed by atoms with Crippen molar-refractivity contribution in [3.05, 3.63) is 150 Å². The highest BCUT2D eigenvalue weighted by atomic mass is 32.3. The molecule has 4 aliphatic rings. The van der Waals surface area contributed by atoms with Crippen molar-refractivity contribution in [3.8, 4) is 22.3 Å². The van der Waals surface area contributed by atoms with E-state index in [0.29, 0.717) is 0 Å². The second kappa shape index (κ2) is 12.9. The third kappa shape index (κ3) is 5.13. The van der Waals surface area contributed by atoms with Gasteiger partial charge in [0.25, 0.3) is 0 Å². The molecule has 8 aromatic rings. The molecule has 12 rings (SSSR count). The van der Waals surface area contributed by atoms with Gasteiger partial charge in [-0.05, 0) is 142 Å². The minimum absolute atomic E-state index is 0.0406. The molecule has 7 aromatic carbocycles. The number of para-hydroxylation sites is 2. The molecule has 0 unspecified atom stereocenters. The van der Waals surface area contributed by atoms with Gasteiger partial charge in [0.15, 0.2) is 0 Å². The van der Waals surface area contributed by atoms with Crippen molar-refractivity contribution in [2.45, 2.75) is 87.3 Å². The normalized spacial score (nSPS) is 17.7. The van der Waals surface area contributed by atoms with Gasteiger partial charge in [-0.2, -0.15) is 10.0 Å². The Bertz CT molecular complexity index is 3140. The first-order chi connectivity index (χ1) is 29.5. The van der Waals surface area contributed by atoms with E-state index in [9.17, 15) is 0 Å². The molecule has 0 spiro atoms. The maximum absolute atomic E-state index is 7.66. The topological polar surface area (TPSA) is 19.6 Å². The monoisotopic (exact) mass is 812 g/mol. The van der Waals surface area contributed by atoms with Gasteiger partial charge >= 0.3 is 6.85 Å². The second-order valence-electron chi connectivity index (χ2n) is 19.8. The molecular formula is C56H53BN2OS. The zero-order chi connectivity index (χ0) is 41.6. The van der Waals surface area contributed by atoms with Gasteiger partial charge in [0.05, 0.1) is 17.1 Å². The SMILES string of the molecule is CCCCc1ccc(N2c3cc4ccccc4c4c3B(c3oc5cc6c(cc5c32)C(C)(C)CCC6(C)C)N2c3ccccc3S(C)(C)c3cccc-4c32)c(-c2ccccc2)c1. The molecular weight excluding hydrogens is 760 g/mol. The van der Waals surface area contributed by atoms with Crippen molar-refractivity contribution < 1.29 is 4.42 Å². The van der Waals surface area contributed by atoms with Gasteiger partial charge in [-0.25, -0.2) is 0 Å². The summed E-state index contributed by atoms with van der Waals surface area (Å²) in [5, 5.41) is 3.75. The molecule has 0 bridgehead atoms. The maximum Gasteiger partial charge on any atom is 0.376 e. The summed E-state index contributed by atoms with van der Waals surface area (Å²) >= 11 is 0. The minimum Gasteiger partial charge on any atom is -0.466 e. The van der Waals surface area contributed by atoms with E-state index in [4.69, 9.17) is 4.42 Å². The number of aryl methyl sites for hydroxylation is 1. The number of anilines is 5. The van der Waals surface area contributed by atoms with E-state index in [1.54, 1.807) is 0 Å². The summed E-state index contributed by atoms with van der Waals surface area (Å²) in [5.74, 6) is 0. The fourth-order valence-corrected chi connectivity index (χ4v) is 14.0. The fraction of sp³-hybridized carbons (Fsp3) is 0.250. The quantitative estimate of drug-likeness (QED) is 0.161. The van der Waals surface area contributed by atoms with Crippen LogP contribution < -0.4 is 20.8 Å². The average Bonchev–Trinajstić information content (AvgIpc) is 3.65. The standard InChI is InChI=1S/C56H53BN2OS/c1-8-9-18-35-27-28-44(40(31-35)36-19-11-10-12-20-36)58-46-32-37-21-13-14-22-38(37)50-39-23-17-26-49-52(39)59(45-24-15-16-25-48(45)61(49,6)7)57(51(46)50)54-53(58)41-33-42-43(34-47(41)60-54)56(4,5)30-29-55(42,2)3/h10-17,19-28,31-34H,8-9,18,29-30H2,1-7H3. The summed E-state index contributed by atoms with van der Waals surface area (Å²) in [6.45, 7) is 11.9. The van der Waals surface area contributed by atoms with Gasteiger partial charge in [-0.3, -0.25) is 0 Å². The van der Waals surface area contributed by atoms with Crippen LogP contribution in [0.25, 0.3) is 44.0 Å². The van der Waals surface area contributed by atoms with Crippen LogP contribution >= 0.6 is 10.0 Å². The third-order valence-corrected chi connectivity index (χ3v) is 17.8. The Labute approximate surface area is 362 Å². The average molecular weight is 813 g/mol. The summed E-state index contributed by atoms with van der Waals surface area (Å²) in [4.78, 5) is 8.19. The number of benzene rings is 7. The Morgan fingerprint density at radius 2 is 1.36 bits per heavy atom. The number of furan rings is 1. The summed E-state index contributed by atoms with van der Waals surface area (Å²) in [7, 11) is -1.34. The predicted molar refractivity (Wildman–Crippen MR) is 263 cm³/mol. The molecule has 3 aliphatic heterocycles. The molecule has 0 saturated heterocycles. The molecule has 3 nitrogen and oxygen atoms in total. The first-order valence-corrected chi connectivity index (χ1v) is 24.8. The highest BCUT2D eigenvalue weighted by molar-refractivity contribution is 8.33. The molecule has 1 aliphatic carbocycles. The van der Waals surface area contributed by atoms with E-state index in [2.05, 4.69) is 190 Å². The van der Waals surface area contributed by atoms with Crippen LogP contribution in [0.1, 0.15) is 77.0 Å². The van der Waals surface area contributed by atoms with Crippen LogP contribution in [-0.4, -0.2) is 19.4 Å². The highest BCUT2D eigenvalue weighted by Gasteiger charge is 2.53. The van der Waals surface area contributed by atoms with E-state index in [1.165, 1.54) is 112 Å². The molecule has 0 saturated carbocycles. The molecule has 0 fully saturated rings. The number of rotatable bonds is 5. The number of unbranched alkanes of at least 4 members (excludes halogenated alkanes) is 1. The van der Waals surface area contributed by atoms with E-state index in [-0.39, 0.29) is 17.7 Å². The summed E-state index contributed by atoms with van der Waals surface area (Å²) in [6.07, 6.45) is 10.7. The van der Waals surface area contributed by atoms with Crippen LogP contribution in [0.15, 0.2) is 148 Å². The predicted octanol–water partition coefficient (Wildman–Crippen LogP) is 14.4. The molecule has 0 atom stereocenters. The fourth-order valence-electron chi connectivity index (χ4n) is 11.6. The van der Waals surface area contributed by atoms with E-state index in [1.807, 2.05) is 0 Å². The Hall–Kier alpha value is -5.65. The van der Waals surface area contributed by atoms with Crippen LogP contribution in [0.2, 0.25) is 0 Å². The van der Waals surface area contributed by atoms with Gasteiger partial charge < -0.3 is 14.1 Å². The molecule has 0 radical (unpaired) electrons. The van der Waals surface area contributed by atoms with Crippen molar-refractivity contribution in [2.24, 2.45) is 0 Å². The van der Waals surface area contributed by atoms with E-state index >= 15 is 0 Å². The maximum atomic E-state index is 7.66. The van der Waals surface area contributed by atoms with Crippen LogP contribution in [0, 0.1) is 0 Å².